The molecule has 3 rings (SSSR count). The lowest BCUT2D eigenvalue weighted by Crippen LogP contribution is -2.28. The zero-order chi connectivity index (χ0) is 16.9. The van der Waals surface area contributed by atoms with E-state index in [1.54, 1.807) is 6.20 Å². The molecule has 0 spiro atoms. The van der Waals surface area contributed by atoms with Gasteiger partial charge in [0, 0.05) is 25.0 Å². The van der Waals surface area contributed by atoms with E-state index in [9.17, 15) is 4.79 Å². The van der Waals surface area contributed by atoms with Gasteiger partial charge in [0.1, 0.15) is 5.82 Å². The first-order chi connectivity index (χ1) is 11.6. The molecule has 4 nitrogen and oxygen atoms in total. The number of carbonyl (C=O) groups excluding carboxylic acids is 1. The number of anilines is 2. The fraction of sp³-hybridized carbons (Fsp3) is 0.400. The lowest BCUT2D eigenvalue weighted by atomic mass is 10.1. The highest BCUT2D eigenvalue weighted by atomic mass is 16.1. The highest BCUT2D eigenvalue weighted by molar-refractivity contribution is 6.07. The SMILES string of the molecule is Cc1cc(C)cc(NC(=O)c2cccnc2N2CCCCCC2)c1. The Morgan fingerprint density at radius 3 is 2.38 bits per heavy atom. The topological polar surface area (TPSA) is 45.2 Å². The van der Waals surface area contributed by atoms with Crippen molar-refractivity contribution in [2.45, 2.75) is 39.5 Å². The van der Waals surface area contributed by atoms with Crippen LogP contribution in [0.5, 0.6) is 0 Å². The van der Waals surface area contributed by atoms with Gasteiger partial charge in [0.2, 0.25) is 0 Å². The van der Waals surface area contributed by atoms with E-state index in [0.717, 1.165) is 48.6 Å². The second-order valence-electron chi connectivity index (χ2n) is 6.61. The number of nitrogens with zero attached hydrogens (tertiary/aromatic N) is 2. The van der Waals surface area contributed by atoms with Crippen molar-refractivity contribution in [3.05, 3.63) is 53.2 Å². The number of amides is 1. The molecule has 2 heterocycles. The zero-order valence-corrected chi connectivity index (χ0v) is 14.5. The Hall–Kier alpha value is -2.36. The van der Waals surface area contributed by atoms with Gasteiger partial charge >= 0.3 is 0 Å². The van der Waals surface area contributed by atoms with Gasteiger partial charge in [-0.15, -0.1) is 0 Å². The van der Waals surface area contributed by atoms with E-state index in [1.165, 1.54) is 12.8 Å². The van der Waals surface area contributed by atoms with E-state index >= 15 is 0 Å². The van der Waals surface area contributed by atoms with Crippen molar-refractivity contribution in [2.75, 3.05) is 23.3 Å². The van der Waals surface area contributed by atoms with Gasteiger partial charge in [0.25, 0.3) is 5.91 Å². The maximum Gasteiger partial charge on any atom is 0.259 e. The summed E-state index contributed by atoms with van der Waals surface area (Å²) in [5.74, 6) is 0.716. The van der Waals surface area contributed by atoms with Gasteiger partial charge in [-0.3, -0.25) is 4.79 Å². The number of benzene rings is 1. The Balaban J connectivity index is 1.84. The van der Waals surface area contributed by atoms with Crippen molar-refractivity contribution >= 4 is 17.4 Å². The van der Waals surface area contributed by atoms with Crippen LogP contribution in [0.1, 0.15) is 47.2 Å². The third-order valence-electron chi connectivity index (χ3n) is 4.42. The molecule has 1 amide bonds. The summed E-state index contributed by atoms with van der Waals surface area (Å²) >= 11 is 0. The van der Waals surface area contributed by atoms with E-state index in [4.69, 9.17) is 0 Å². The predicted molar refractivity (Wildman–Crippen MR) is 98.8 cm³/mol. The lowest BCUT2D eigenvalue weighted by Gasteiger charge is -2.23. The number of nitrogens with one attached hydrogen (secondary N) is 1. The average Bonchev–Trinajstić information content (AvgIpc) is 2.83. The van der Waals surface area contributed by atoms with Gasteiger partial charge in [-0.2, -0.15) is 0 Å². The highest BCUT2D eigenvalue weighted by Crippen LogP contribution is 2.23. The minimum absolute atomic E-state index is 0.0904. The van der Waals surface area contributed by atoms with Gasteiger partial charge in [-0.05, 0) is 62.1 Å². The summed E-state index contributed by atoms with van der Waals surface area (Å²) in [6, 6.07) is 9.78. The number of pyridine rings is 1. The van der Waals surface area contributed by atoms with Crippen molar-refractivity contribution in [3.63, 3.8) is 0 Å². The zero-order valence-electron chi connectivity index (χ0n) is 14.5. The molecule has 4 heteroatoms. The van der Waals surface area contributed by atoms with E-state index in [1.807, 2.05) is 38.1 Å². The standard InChI is InChI=1S/C20H25N3O/c1-15-12-16(2)14-17(13-15)22-20(24)18-8-7-9-21-19(18)23-10-5-3-4-6-11-23/h7-9,12-14H,3-6,10-11H2,1-2H3,(H,22,24). The van der Waals surface area contributed by atoms with Crippen LogP contribution in [0.2, 0.25) is 0 Å². The van der Waals surface area contributed by atoms with Gasteiger partial charge in [-0.25, -0.2) is 4.98 Å². The molecule has 0 aliphatic carbocycles. The molecule has 0 radical (unpaired) electrons. The Bertz CT molecular complexity index is 698. The fourth-order valence-electron chi connectivity index (χ4n) is 3.35. The van der Waals surface area contributed by atoms with E-state index in [0.29, 0.717) is 5.56 Å². The molecule has 1 N–H and O–H groups in total. The number of hydrogen-bond donors (Lipinski definition) is 1. The smallest absolute Gasteiger partial charge is 0.259 e. The molecule has 0 unspecified atom stereocenters. The summed E-state index contributed by atoms with van der Waals surface area (Å²) in [6.07, 6.45) is 6.61. The molecule has 2 aromatic rings. The van der Waals surface area contributed by atoms with E-state index in [2.05, 4.69) is 21.3 Å². The van der Waals surface area contributed by atoms with Gasteiger partial charge in [0.15, 0.2) is 0 Å². The summed E-state index contributed by atoms with van der Waals surface area (Å²) in [6.45, 7) is 6.02. The first-order valence-corrected chi connectivity index (χ1v) is 8.73. The second kappa shape index (κ2) is 7.47. The molecular weight excluding hydrogens is 298 g/mol. The van der Waals surface area contributed by atoms with Crippen LogP contribution in [0.4, 0.5) is 11.5 Å². The number of carbonyl (C=O) groups is 1. The molecule has 1 saturated heterocycles. The summed E-state index contributed by atoms with van der Waals surface area (Å²) < 4.78 is 0. The van der Waals surface area contributed by atoms with Gasteiger partial charge < -0.3 is 10.2 Å². The molecule has 1 aromatic heterocycles. The first kappa shape index (κ1) is 16.5. The molecule has 0 saturated carbocycles. The average molecular weight is 323 g/mol. The molecule has 0 bridgehead atoms. The van der Waals surface area contributed by atoms with Crippen LogP contribution in [-0.4, -0.2) is 24.0 Å². The molecule has 1 fully saturated rings. The van der Waals surface area contributed by atoms with E-state index < -0.39 is 0 Å². The van der Waals surface area contributed by atoms with Crippen molar-refractivity contribution in [1.29, 1.82) is 0 Å². The highest BCUT2D eigenvalue weighted by Gasteiger charge is 2.19. The molecule has 1 aliphatic rings. The van der Waals surface area contributed by atoms with E-state index in [-0.39, 0.29) is 5.91 Å². The summed E-state index contributed by atoms with van der Waals surface area (Å²) in [7, 11) is 0. The van der Waals surface area contributed by atoms with Crippen LogP contribution >= 0.6 is 0 Å². The number of rotatable bonds is 3. The molecule has 126 valence electrons. The number of aromatic nitrogens is 1. The molecule has 0 atom stereocenters. The van der Waals surface area contributed by atoms with Crippen molar-refractivity contribution in [1.82, 2.24) is 4.98 Å². The van der Waals surface area contributed by atoms with Crippen LogP contribution in [0.25, 0.3) is 0 Å². The van der Waals surface area contributed by atoms with Crippen LogP contribution in [0, 0.1) is 13.8 Å². The summed E-state index contributed by atoms with van der Waals surface area (Å²) in [5, 5.41) is 3.03. The summed E-state index contributed by atoms with van der Waals surface area (Å²) in [5.41, 5.74) is 3.77. The second-order valence-corrected chi connectivity index (χ2v) is 6.61. The van der Waals surface area contributed by atoms with Crippen molar-refractivity contribution < 1.29 is 4.79 Å². The Morgan fingerprint density at radius 1 is 1.04 bits per heavy atom. The monoisotopic (exact) mass is 323 g/mol. The molecule has 1 aliphatic heterocycles. The Labute approximate surface area is 143 Å². The van der Waals surface area contributed by atoms with Crippen LogP contribution in [-0.2, 0) is 0 Å². The largest absolute Gasteiger partial charge is 0.356 e. The fourth-order valence-corrected chi connectivity index (χ4v) is 3.35. The van der Waals surface area contributed by atoms with Crippen LogP contribution < -0.4 is 10.2 Å². The predicted octanol–water partition coefficient (Wildman–Crippen LogP) is 4.33. The number of aryl methyl sites for hydroxylation is 2. The maximum absolute atomic E-state index is 12.8. The van der Waals surface area contributed by atoms with Gasteiger partial charge in [-0.1, -0.05) is 18.9 Å². The molecule has 24 heavy (non-hydrogen) atoms. The van der Waals surface area contributed by atoms with Crippen molar-refractivity contribution in [2.24, 2.45) is 0 Å². The van der Waals surface area contributed by atoms with Gasteiger partial charge in [0.05, 0.1) is 5.56 Å². The minimum atomic E-state index is -0.0904. The lowest BCUT2D eigenvalue weighted by molar-refractivity contribution is 0.102. The number of hydrogen-bond acceptors (Lipinski definition) is 3. The third kappa shape index (κ3) is 3.94. The Morgan fingerprint density at radius 2 is 1.71 bits per heavy atom. The van der Waals surface area contributed by atoms with Crippen LogP contribution in [0.15, 0.2) is 36.5 Å². The Kier molecular flexibility index (Phi) is 5.14. The first-order valence-electron chi connectivity index (χ1n) is 8.73. The van der Waals surface area contributed by atoms with Crippen molar-refractivity contribution in [3.8, 4) is 0 Å². The van der Waals surface area contributed by atoms with Crippen LogP contribution in [0.3, 0.4) is 0 Å². The maximum atomic E-state index is 12.8. The molecule has 1 aromatic carbocycles. The summed E-state index contributed by atoms with van der Waals surface area (Å²) in [4.78, 5) is 19.6. The minimum Gasteiger partial charge on any atom is -0.356 e. The normalized spacial score (nSPS) is 15.0. The third-order valence-corrected chi connectivity index (χ3v) is 4.42. The quantitative estimate of drug-likeness (QED) is 0.914. The molecular formula is C20H25N3O.